The molecule has 0 saturated carbocycles. The molecule has 16 heavy (non-hydrogen) atoms. The molecule has 84 valence electrons. The minimum absolute atomic E-state index is 0.189. The number of aromatic nitrogens is 2. The largest absolute Gasteiger partial charge is 0.497 e. The van der Waals surface area contributed by atoms with Gasteiger partial charge in [-0.15, -0.1) is 0 Å². The van der Waals surface area contributed by atoms with Crippen LogP contribution in [0.4, 0.5) is 0 Å². The number of hydrogen-bond donors (Lipinski definition) is 0. The van der Waals surface area contributed by atoms with Gasteiger partial charge in [0.15, 0.2) is 4.84 Å². The summed E-state index contributed by atoms with van der Waals surface area (Å²) in [5, 5.41) is 3.77. The second-order valence-electron chi connectivity index (χ2n) is 2.99. The molecule has 0 aliphatic rings. The van der Waals surface area contributed by atoms with Crippen LogP contribution in [0.3, 0.4) is 0 Å². The standard InChI is InChI=1S/C10H8Cl2N2O2/c1-15-7-4-2-6(3-5-7)9-13-10(8(11)12)16-14-9/h2-5,8H,1H3. The van der Waals surface area contributed by atoms with Gasteiger partial charge >= 0.3 is 0 Å². The summed E-state index contributed by atoms with van der Waals surface area (Å²) in [5.74, 6) is 1.40. The Balaban J connectivity index is 2.28. The number of alkyl halides is 2. The number of ether oxygens (including phenoxy) is 1. The number of rotatable bonds is 3. The Morgan fingerprint density at radius 3 is 2.44 bits per heavy atom. The van der Waals surface area contributed by atoms with Crippen LogP contribution in [0.5, 0.6) is 5.75 Å². The summed E-state index contributed by atoms with van der Waals surface area (Å²) in [7, 11) is 1.60. The van der Waals surface area contributed by atoms with E-state index in [0.717, 1.165) is 11.3 Å². The van der Waals surface area contributed by atoms with E-state index in [1.54, 1.807) is 7.11 Å². The first-order valence-electron chi connectivity index (χ1n) is 4.47. The van der Waals surface area contributed by atoms with Gasteiger partial charge in [-0.05, 0) is 24.3 Å². The second-order valence-corrected chi connectivity index (χ2v) is 4.08. The molecule has 0 bridgehead atoms. The Morgan fingerprint density at radius 1 is 1.25 bits per heavy atom. The van der Waals surface area contributed by atoms with E-state index in [0.29, 0.717) is 5.82 Å². The topological polar surface area (TPSA) is 48.2 Å². The maximum Gasteiger partial charge on any atom is 0.260 e. The molecule has 0 spiro atoms. The maximum atomic E-state index is 5.60. The first-order valence-corrected chi connectivity index (χ1v) is 5.34. The molecule has 0 aliphatic heterocycles. The van der Waals surface area contributed by atoms with Crippen LogP contribution >= 0.6 is 23.2 Å². The first kappa shape index (κ1) is 11.2. The molecule has 6 heteroatoms. The normalized spacial score (nSPS) is 10.8. The van der Waals surface area contributed by atoms with Crippen molar-refractivity contribution >= 4 is 23.2 Å². The van der Waals surface area contributed by atoms with Crippen molar-refractivity contribution in [3.63, 3.8) is 0 Å². The zero-order valence-electron chi connectivity index (χ0n) is 8.35. The molecule has 0 atom stereocenters. The summed E-state index contributed by atoms with van der Waals surface area (Å²) in [6, 6.07) is 7.27. The molecule has 4 nitrogen and oxygen atoms in total. The Bertz CT molecular complexity index is 468. The molecular formula is C10H8Cl2N2O2. The van der Waals surface area contributed by atoms with E-state index in [2.05, 4.69) is 10.1 Å². The Kier molecular flexibility index (Phi) is 3.31. The van der Waals surface area contributed by atoms with Crippen LogP contribution in [0, 0.1) is 0 Å². The first-order chi connectivity index (χ1) is 7.70. The number of nitrogens with zero attached hydrogens (tertiary/aromatic N) is 2. The van der Waals surface area contributed by atoms with Crippen molar-refractivity contribution in [2.75, 3.05) is 7.11 Å². The summed E-state index contributed by atoms with van der Waals surface area (Å²) < 4.78 is 9.92. The van der Waals surface area contributed by atoms with Crippen LogP contribution in [-0.4, -0.2) is 17.3 Å². The number of benzene rings is 1. The van der Waals surface area contributed by atoms with Gasteiger partial charge in [-0.1, -0.05) is 28.4 Å². The fourth-order valence-corrected chi connectivity index (χ4v) is 1.36. The third kappa shape index (κ3) is 2.28. The second kappa shape index (κ2) is 4.72. The van der Waals surface area contributed by atoms with Crippen LogP contribution in [0.1, 0.15) is 10.7 Å². The lowest BCUT2D eigenvalue weighted by Crippen LogP contribution is -1.85. The highest BCUT2D eigenvalue weighted by Gasteiger charge is 2.14. The van der Waals surface area contributed by atoms with Crippen molar-refractivity contribution in [2.24, 2.45) is 0 Å². The van der Waals surface area contributed by atoms with Crippen molar-refractivity contribution in [3.05, 3.63) is 30.2 Å². The molecule has 0 aliphatic carbocycles. The summed E-state index contributed by atoms with van der Waals surface area (Å²) in [4.78, 5) is 3.25. The molecule has 0 radical (unpaired) electrons. The third-order valence-corrected chi connectivity index (χ3v) is 2.35. The van der Waals surface area contributed by atoms with Gasteiger partial charge in [0.25, 0.3) is 5.89 Å². The maximum absolute atomic E-state index is 5.60. The minimum Gasteiger partial charge on any atom is -0.497 e. The summed E-state index contributed by atoms with van der Waals surface area (Å²) in [6.07, 6.45) is 0. The van der Waals surface area contributed by atoms with E-state index in [1.807, 2.05) is 24.3 Å². The molecule has 0 unspecified atom stereocenters. The van der Waals surface area contributed by atoms with Crippen molar-refractivity contribution < 1.29 is 9.26 Å². The lowest BCUT2D eigenvalue weighted by Gasteiger charge is -1.98. The Labute approximate surface area is 102 Å². The van der Waals surface area contributed by atoms with Gasteiger partial charge in [0.1, 0.15) is 5.75 Å². The highest BCUT2D eigenvalue weighted by Crippen LogP contribution is 2.26. The highest BCUT2D eigenvalue weighted by molar-refractivity contribution is 6.43. The SMILES string of the molecule is COc1ccc(-c2noc(C(Cl)Cl)n2)cc1. The van der Waals surface area contributed by atoms with Crippen LogP contribution in [0.25, 0.3) is 11.4 Å². The zero-order valence-corrected chi connectivity index (χ0v) is 9.87. The van der Waals surface area contributed by atoms with E-state index in [9.17, 15) is 0 Å². The summed E-state index contributed by atoms with van der Waals surface area (Å²) in [5.41, 5.74) is 0.810. The average Bonchev–Trinajstić information content (AvgIpc) is 2.78. The molecular weight excluding hydrogens is 251 g/mol. The van der Waals surface area contributed by atoms with E-state index in [1.165, 1.54) is 0 Å². The third-order valence-electron chi connectivity index (χ3n) is 1.98. The van der Waals surface area contributed by atoms with Crippen molar-refractivity contribution in [3.8, 4) is 17.1 Å². The van der Waals surface area contributed by atoms with E-state index >= 15 is 0 Å². The van der Waals surface area contributed by atoms with Crippen LogP contribution in [0.15, 0.2) is 28.8 Å². The van der Waals surface area contributed by atoms with Gasteiger partial charge in [0.05, 0.1) is 7.11 Å². The summed E-state index contributed by atoms with van der Waals surface area (Å²) in [6.45, 7) is 0. The molecule has 2 rings (SSSR count). The molecule has 1 aromatic heterocycles. The van der Waals surface area contributed by atoms with Gasteiger partial charge < -0.3 is 9.26 Å². The lowest BCUT2D eigenvalue weighted by molar-refractivity contribution is 0.388. The molecule has 0 fully saturated rings. The number of halogens is 2. The fraction of sp³-hybridized carbons (Fsp3) is 0.200. The van der Waals surface area contributed by atoms with Gasteiger partial charge in [-0.3, -0.25) is 0 Å². The Hall–Kier alpha value is -1.26. The van der Waals surface area contributed by atoms with Crippen LogP contribution in [0.2, 0.25) is 0 Å². The molecule has 2 aromatic rings. The van der Waals surface area contributed by atoms with E-state index < -0.39 is 4.84 Å². The van der Waals surface area contributed by atoms with Crippen molar-refractivity contribution in [2.45, 2.75) is 4.84 Å². The number of methoxy groups -OCH3 is 1. The smallest absolute Gasteiger partial charge is 0.260 e. The zero-order chi connectivity index (χ0) is 11.5. The van der Waals surface area contributed by atoms with Gasteiger partial charge in [0.2, 0.25) is 5.82 Å². The molecule has 1 heterocycles. The van der Waals surface area contributed by atoms with E-state index in [4.69, 9.17) is 32.5 Å². The van der Waals surface area contributed by atoms with Gasteiger partial charge in [-0.2, -0.15) is 4.98 Å². The van der Waals surface area contributed by atoms with E-state index in [-0.39, 0.29) is 5.89 Å². The minimum atomic E-state index is -0.806. The summed E-state index contributed by atoms with van der Waals surface area (Å²) >= 11 is 11.2. The molecule has 0 amide bonds. The van der Waals surface area contributed by atoms with Crippen molar-refractivity contribution in [1.82, 2.24) is 10.1 Å². The fourth-order valence-electron chi connectivity index (χ4n) is 1.18. The molecule has 0 N–H and O–H groups in total. The average molecular weight is 259 g/mol. The van der Waals surface area contributed by atoms with Gasteiger partial charge in [-0.25, -0.2) is 0 Å². The molecule has 0 saturated heterocycles. The monoisotopic (exact) mass is 258 g/mol. The van der Waals surface area contributed by atoms with Gasteiger partial charge in [0, 0.05) is 5.56 Å². The van der Waals surface area contributed by atoms with Crippen LogP contribution < -0.4 is 4.74 Å². The van der Waals surface area contributed by atoms with Crippen LogP contribution in [-0.2, 0) is 0 Å². The Morgan fingerprint density at radius 2 is 1.94 bits per heavy atom. The predicted octanol–water partition coefficient (Wildman–Crippen LogP) is 3.22. The number of hydrogen-bond acceptors (Lipinski definition) is 4. The molecule has 1 aromatic carbocycles. The lowest BCUT2D eigenvalue weighted by atomic mass is 10.2. The predicted molar refractivity (Wildman–Crippen MR) is 60.7 cm³/mol. The highest BCUT2D eigenvalue weighted by atomic mass is 35.5. The quantitative estimate of drug-likeness (QED) is 0.794. The van der Waals surface area contributed by atoms with Crippen molar-refractivity contribution in [1.29, 1.82) is 0 Å².